The molecular weight excluding hydrogens is 330 g/mol. The fraction of sp³-hybridized carbons (Fsp3) is 0.375. The molecule has 1 heterocycles. The average molecular weight is 349 g/mol. The van der Waals surface area contributed by atoms with Gasteiger partial charge in [-0.3, -0.25) is 14.4 Å². The van der Waals surface area contributed by atoms with Crippen LogP contribution in [0, 0.1) is 0 Å². The topological polar surface area (TPSA) is 97.4 Å². The standard InChI is InChI=1S/C16H19N3O4S/c1-17-13(20)9-18-14(21)10-23-16(22)8-4-7-15-19-11-5-2-3-6-12(11)24-15/h2-3,5-6H,4,7-10H2,1H3,(H,17,20)(H,18,21). The Hall–Kier alpha value is -2.48. The van der Waals surface area contributed by atoms with E-state index < -0.39 is 11.9 Å². The molecule has 0 fully saturated rings. The molecule has 2 amide bonds. The summed E-state index contributed by atoms with van der Waals surface area (Å²) in [6.45, 7) is -0.512. The van der Waals surface area contributed by atoms with Crippen molar-refractivity contribution in [1.29, 1.82) is 0 Å². The van der Waals surface area contributed by atoms with Gasteiger partial charge in [-0.1, -0.05) is 12.1 Å². The average Bonchev–Trinajstić information content (AvgIpc) is 3.00. The Labute approximate surface area is 143 Å². The Morgan fingerprint density at radius 2 is 2.00 bits per heavy atom. The van der Waals surface area contributed by atoms with E-state index in [1.807, 2.05) is 24.3 Å². The van der Waals surface area contributed by atoms with Crippen molar-refractivity contribution in [2.24, 2.45) is 0 Å². The monoisotopic (exact) mass is 349 g/mol. The molecular formula is C16H19N3O4S. The van der Waals surface area contributed by atoms with Crippen LogP contribution in [0.3, 0.4) is 0 Å². The van der Waals surface area contributed by atoms with Gasteiger partial charge in [-0.25, -0.2) is 4.98 Å². The molecule has 1 aromatic carbocycles. The van der Waals surface area contributed by atoms with E-state index in [1.54, 1.807) is 11.3 Å². The molecule has 7 nitrogen and oxygen atoms in total. The Bertz CT molecular complexity index is 696. The highest BCUT2D eigenvalue weighted by molar-refractivity contribution is 7.18. The minimum Gasteiger partial charge on any atom is -0.456 e. The Kier molecular flexibility index (Phi) is 6.68. The maximum absolute atomic E-state index is 11.6. The molecule has 2 rings (SSSR count). The van der Waals surface area contributed by atoms with Crippen molar-refractivity contribution in [3.63, 3.8) is 0 Å². The molecule has 0 aliphatic heterocycles. The lowest BCUT2D eigenvalue weighted by Crippen LogP contribution is -2.37. The molecule has 0 aliphatic rings. The number of carbonyl (C=O) groups is 3. The van der Waals surface area contributed by atoms with Crippen molar-refractivity contribution in [3.05, 3.63) is 29.3 Å². The number of nitrogens with zero attached hydrogens (tertiary/aromatic N) is 1. The molecule has 0 spiro atoms. The van der Waals surface area contributed by atoms with Crippen molar-refractivity contribution < 1.29 is 19.1 Å². The molecule has 0 saturated heterocycles. The van der Waals surface area contributed by atoms with Crippen LogP contribution in [-0.2, 0) is 25.5 Å². The summed E-state index contributed by atoms with van der Waals surface area (Å²) in [4.78, 5) is 38.4. The number of aromatic nitrogens is 1. The van der Waals surface area contributed by atoms with Gasteiger partial charge in [0.05, 0.1) is 21.8 Å². The maximum Gasteiger partial charge on any atom is 0.306 e. The smallest absolute Gasteiger partial charge is 0.306 e. The summed E-state index contributed by atoms with van der Waals surface area (Å²) < 4.78 is 5.99. The second-order valence-electron chi connectivity index (χ2n) is 5.04. The van der Waals surface area contributed by atoms with Crippen LogP contribution in [0.1, 0.15) is 17.8 Å². The summed E-state index contributed by atoms with van der Waals surface area (Å²) in [7, 11) is 1.47. The lowest BCUT2D eigenvalue weighted by atomic mass is 10.2. The maximum atomic E-state index is 11.6. The van der Waals surface area contributed by atoms with Crippen molar-refractivity contribution in [2.45, 2.75) is 19.3 Å². The van der Waals surface area contributed by atoms with Gasteiger partial charge in [0.1, 0.15) is 0 Å². The van der Waals surface area contributed by atoms with Crippen LogP contribution < -0.4 is 10.6 Å². The summed E-state index contributed by atoms with van der Waals surface area (Å²) in [5.74, 6) is -1.25. The van der Waals surface area contributed by atoms with E-state index >= 15 is 0 Å². The van der Waals surface area contributed by atoms with Crippen LogP contribution in [-0.4, -0.2) is 43.0 Å². The number of likely N-dealkylation sites (N-methyl/N-ethyl adjacent to an activating group) is 1. The number of amides is 2. The predicted octanol–water partition coefficient (Wildman–Crippen LogP) is 1.02. The summed E-state index contributed by atoms with van der Waals surface area (Å²) in [6.07, 6.45) is 1.52. The van der Waals surface area contributed by atoms with E-state index in [0.29, 0.717) is 12.8 Å². The molecule has 8 heteroatoms. The first-order valence-corrected chi connectivity index (χ1v) is 8.37. The number of fused-ring (bicyclic) bond motifs is 1. The highest BCUT2D eigenvalue weighted by Crippen LogP contribution is 2.22. The molecule has 128 valence electrons. The molecule has 2 N–H and O–H groups in total. The van der Waals surface area contributed by atoms with E-state index in [1.165, 1.54) is 7.05 Å². The van der Waals surface area contributed by atoms with Gasteiger partial charge in [0.25, 0.3) is 5.91 Å². The summed E-state index contributed by atoms with van der Waals surface area (Å²) in [5.41, 5.74) is 0.966. The van der Waals surface area contributed by atoms with Crippen LogP contribution in [0.5, 0.6) is 0 Å². The third-order valence-electron chi connectivity index (χ3n) is 3.20. The molecule has 1 aromatic heterocycles. The second kappa shape index (κ2) is 8.97. The van der Waals surface area contributed by atoms with Crippen LogP contribution >= 0.6 is 11.3 Å². The number of carbonyl (C=O) groups excluding carboxylic acids is 3. The van der Waals surface area contributed by atoms with Gasteiger partial charge in [-0.15, -0.1) is 11.3 Å². The van der Waals surface area contributed by atoms with E-state index in [4.69, 9.17) is 4.74 Å². The minimum atomic E-state index is -0.502. The minimum absolute atomic E-state index is 0.134. The van der Waals surface area contributed by atoms with Gasteiger partial charge in [-0.2, -0.15) is 0 Å². The number of esters is 1. The zero-order valence-corrected chi connectivity index (χ0v) is 14.1. The van der Waals surface area contributed by atoms with Crippen molar-refractivity contribution in [3.8, 4) is 0 Å². The third kappa shape index (κ3) is 5.62. The van der Waals surface area contributed by atoms with Crippen LogP contribution in [0.4, 0.5) is 0 Å². The highest BCUT2D eigenvalue weighted by atomic mass is 32.1. The molecule has 0 aliphatic carbocycles. The molecule has 0 bridgehead atoms. The van der Waals surface area contributed by atoms with E-state index in [-0.39, 0.29) is 25.5 Å². The Morgan fingerprint density at radius 1 is 1.21 bits per heavy atom. The number of hydrogen-bond donors (Lipinski definition) is 2. The molecule has 24 heavy (non-hydrogen) atoms. The molecule has 0 atom stereocenters. The van der Waals surface area contributed by atoms with E-state index in [2.05, 4.69) is 15.6 Å². The number of nitrogens with one attached hydrogen (secondary N) is 2. The molecule has 0 radical (unpaired) electrons. The lowest BCUT2D eigenvalue weighted by Gasteiger charge is -2.05. The van der Waals surface area contributed by atoms with E-state index in [0.717, 1.165) is 15.2 Å². The first-order valence-electron chi connectivity index (χ1n) is 7.56. The summed E-state index contributed by atoms with van der Waals surface area (Å²) >= 11 is 1.61. The fourth-order valence-electron chi connectivity index (χ4n) is 1.95. The highest BCUT2D eigenvalue weighted by Gasteiger charge is 2.09. The van der Waals surface area contributed by atoms with Crippen molar-refractivity contribution in [1.82, 2.24) is 15.6 Å². The SMILES string of the molecule is CNC(=O)CNC(=O)COC(=O)CCCc1nc2ccccc2s1. The summed E-state index contributed by atoms with van der Waals surface area (Å²) in [5, 5.41) is 5.70. The van der Waals surface area contributed by atoms with Gasteiger partial charge in [0.2, 0.25) is 5.91 Å². The number of benzene rings is 1. The van der Waals surface area contributed by atoms with Gasteiger partial charge >= 0.3 is 5.97 Å². The molecule has 0 saturated carbocycles. The van der Waals surface area contributed by atoms with Gasteiger partial charge in [0.15, 0.2) is 6.61 Å². The molecule has 0 unspecified atom stereocenters. The first kappa shape index (κ1) is 17.9. The number of hydrogen-bond acceptors (Lipinski definition) is 6. The van der Waals surface area contributed by atoms with Gasteiger partial charge in [0, 0.05) is 13.5 Å². The fourth-order valence-corrected chi connectivity index (χ4v) is 2.96. The third-order valence-corrected chi connectivity index (χ3v) is 4.30. The van der Waals surface area contributed by atoms with Crippen LogP contribution in [0.25, 0.3) is 10.2 Å². The molecule has 2 aromatic rings. The van der Waals surface area contributed by atoms with Gasteiger partial charge < -0.3 is 15.4 Å². The largest absolute Gasteiger partial charge is 0.456 e. The van der Waals surface area contributed by atoms with Crippen LogP contribution in [0.2, 0.25) is 0 Å². The van der Waals surface area contributed by atoms with Gasteiger partial charge in [-0.05, 0) is 25.0 Å². The van der Waals surface area contributed by atoms with Crippen molar-refractivity contribution >= 4 is 39.3 Å². The van der Waals surface area contributed by atoms with Crippen molar-refractivity contribution in [2.75, 3.05) is 20.2 Å². The first-order chi connectivity index (χ1) is 11.6. The number of para-hydroxylation sites is 1. The zero-order valence-electron chi connectivity index (χ0n) is 13.3. The zero-order chi connectivity index (χ0) is 17.4. The number of ether oxygens (including phenoxy) is 1. The second-order valence-corrected chi connectivity index (χ2v) is 6.15. The quantitative estimate of drug-likeness (QED) is 0.694. The van der Waals surface area contributed by atoms with Crippen LogP contribution in [0.15, 0.2) is 24.3 Å². The normalized spacial score (nSPS) is 10.4. The summed E-state index contributed by atoms with van der Waals surface area (Å²) in [6, 6.07) is 7.89. The lowest BCUT2D eigenvalue weighted by molar-refractivity contribution is -0.148. The number of thiazole rings is 1. The Morgan fingerprint density at radius 3 is 2.75 bits per heavy atom. The number of rotatable bonds is 8. The van der Waals surface area contributed by atoms with E-state index in [9.17, 15) is 14.4 Å². The number of aryl methyl sites for hydroxylation is 1. The Balaban J connectivity index is 1.64. The predicted molar refractivity (Wildman–Crippen MR) is 90.6 cm³/mol.